The van der Waals surface area contributed by atoms with Gasteiger partial charge < -0.3 is 4.74 Å². The van der Waals surface area contributed by atoms with Gasteiger partial charge in [-0.1, -0.05) is 24.9 Å². The van der Waals surface area contributed by atoms with Crippen LogP contribution in [0.3, 0.4) is 0 Å². The molecule has 1 unspecified atom stereocenters. The Morgan fingerprint density at radius 2 is 2.00 bits per heavy atom. The first-order chi connectivity index (χ1) is 6.22. The Morgan fingerprint density at radius 3 is 2.54 bits per heavy atom. The van der Waals surface area contributed by atoms with Crippen molar-refractivity contribution in [3.8, 4) is 5.75 Å². The number of ether oxygens (including phenoxy) is 1. The van der Waals surface area contributed by atoms with Crippen molar-refractivity contribution < 1.29 is 4.74 Å². The first kappa shape index (κ1) is 10.9. The van der Waals surface area contributed by atoms with Crippen LogP contribution in [0.25, 0.3) is 0 Å². The zero-order chi connectivity index (χ0) is 9.68. The summed E-state index contributed by atoms with van der Waals surface area (Å²) >= 11 is 9.18. The summed E-state index contributed by atoms with van der Waals surface area (Å²) in [5, 5.41) is 0.827. The minimum Gasteiger partial charge on any atom is -0.479 e. The summed E-state index contributed by atoms with van der Waals surface area (Å²) in [5.41, 5.74) is 0. The number of benzene rings is 1. The van der Waals surface area contributed by atoms with Crippen LogP contribution in [0.1, 0.15) is 19.8 Å². The van der Waals surface area contributed by atoms with Crippen molar-refractivity contribution in [3.63, 3.8) is 0 Å². The van der Waals surface area contributed by atoms with Crippen LogP contribution in [0.15, 0.2) is 24.3 Å². The molecule has 0 amide bonds. The summed E-state index contributed by atoms with van der Waals surface area (Å²) in [4.78, 5) is 0. The molecule has 0 aliphatic rings. The Morgan fingerprint density at radius 1 is 1.38 bits per heavy atom. The van der Waals surface area contributed by atoms with E-state index in [1.807, 2.05) is 24.3 Å². The van der Waals surface area contributed by atoms with Gasteiger partial charge in [-0.3, -0.25) is 0 Å². The summed E-state index contributed by atoms with van der Waals surface area (Å²) in [7, 11) is 0. The highest BCUT2D eigenvalue weighted by Gasteiger charge is 2.03. The third-order valence-electron chi connectivity index (χ3n) is 1.59. The average molecular weight is 264 g/mol. The Bertz CT molecular complexity index is 248. The van der Waals surface area contributed by atoms with Crippen LogP contribution in [0.5, 0.6) is 5.75 Å². The Kier molecular flexibility index (Phi) is 4.60. The van der Waals surface area contributed by atoms with Crippen LogP contribution in [-0.2, 0) is 0 Å². The summed E-state index contributed by atoms with van der Waals surface area (Å²) in [6.45, 7) is 2.12. The largest absolute Gasteiger partial charge is 0.479 e. The van der Waals surface area contributed by atoms with Crippen LogP contribution < -0.4 is 4.74 Å². The lowest BCUT2D eigenvalue weighted by molar-refractivity contribution is 0.282. The van der Waals surface area contributed by atoms with E-state index in [9.17, 15) is 0 Å². The van der Waals surface area contributed by atoms with E-state index in [1.54, 1.807) is 0 Å². The highest BCUT2D eigenvalue weighted by Crippen LogP contribution is 2.19. The predicted octanol–water partition coefficient (Wildman–Crippen LogP) is 4.24. The third kappa shape index (κ3) is 4.01. The van der Waals surface area contributed by atoms with Crippen LogP contribution in [0, 0.1) is 0 Å². The van der Waals surface area contributed by atoms with E-state index in [1.165, 1.54) is 0 Å². The molecule has 0 aromatic heterocycles. The Balaban J connectivity index is 2.49. The molecular weight excluding hydrogens is 251 g/mol. The Hall–Kier alpha value is -0.210. The second kappa shape index (κ2) is 5.51. The number of rotatable bonds is 4. The molecule has 0 heterocycles. The number of hydrogen-bond acceptors (Lipinski definition) is 1. The third-order valence-corrected chi connectivity index (χ3v) is 2.49. The summed E-state index contributed by atoms with van der Waals surface area (Å²) in [5.74, 6) is 0.847. The first-order valence-electron chi connectivity index (χ1n) is 4.28. The molecule has 3 heteroatoms. The summed E-state index contributed by atoms with van der Waals surface area (Å²) in [6, 6.07) is 7.38. The lowest BCUT2D eigenvalue weighted by Gasteiger charge is -2.11. The molecule has 1 atom stereocenters. The second-order valence-corrected chi connectivity index (χ2v) is 4.23. The number of hydrogen-bond donors (Lipinski definition) is 0. The maximum Gasteiger partial charge on any atom is 0.153 e. The SMILES string of the molecule is CCCC(Br)Oc1ccc(Cl)cc1. The number of alkyl halides is 1. The van der Waals surface area contributed by atoms with Crippen molar-refractivity contribution in [3.05, 3.63) is 29.3 Å². The van der Waals surface area contributed by atoms with Gasteiger partial charge in [0.05, 0.1) is 0 Å². The molecule has 0 aliphatic heterocycles. The van der Waals surface area contributed by atoms with Gasteiger partial charge in [0, 0.05) is 5.02 Å². The van der Waals surface area contributed by atoms with Crippen LogP contribution in [0.4, 0.5) is 0 Å². The zero-order valence-electron chi connectivity index (χ0n) is 7.47. The standard InChI is InChI=1S/C10H12BrClO/c1-2-3-10(11)13-9-6-4-8(12)5-7-9/h4-7,10H,2-3H2,1H3. The van der Waals surface area contributed by atoms with E-state index in [0.29, 0.717) is 0 Å². The highest BCUT2D eigenvalue weighted by atomic mass is 79.9. The minimum atomic E-state index is 0.0960. The average Bonchev–Trinajstić information content (AvgIpc) is 2.09. The quantitative estimate of drug-likeness (QED) is 0.738. The molecule has 0 bridgehead atoms. The fourth-order valence-corrected chi connectivity index (χ4v) is 1.75. The van der Waals surface area contributed by atoms with Gasteiger partial charge >= 0.3 is 0 Å². The smallest absolute Gasteiger partial charge is 0.153 e. The fourth-order valence-electron chi connectivity index (χ4n) is 0.947. The summed E-state index contributed by atoms with van der Waals surface area (Å²) < 4.78 is 5.57. The molecule has 13 heavy (non-hydrogen) atoms. The number of halogens is 2. The van der Waals surface area contributed by atoms with Gasteiger partial charge in [-0.25, -0.2) is 0 Å². The van der Waals surface area contributed by atoms with E-state index in [4.69, 9.17) is 16.3 Å². The zero-order valence-corrected chi connectivity index (χ0v) is 9.81. The normalized spacial score (nSPS) is 12.5. The van der Waals surface area contributed by atoms with Gasteiger partial charge in [0.1, 0.15) is 5.75 Å². The van der Waals surface area contributed by atoms with Crippen LogP contribution in [-0.4, -0.2) is 5.01 Å². The molecule has 0 saturated heterocycles. The molecule has 0 saturated carbocycles. The van der Waals surface area contributed by atoms with Crippen molar-refractivity contribution in [2.24, 2.45) is 0 Å². The fraction of sp³-hybridized carbons (Fsp3) is 0.400. The lowest BCUT2D eigenvalue weighted by Crippen LogP contribution is -2.06. The van der Waals surface area contributed by atoms with Crippen molar-refractivity contribution in [1.29, 1.82) is 0 Å². The Labute approximate surface area is 92.2 Å². The van der Waals surface area contributed by atoms with Crippen LogP contribution >= 0.6 is 27.5 Å². The van der Waals surface area contributed by atoms with Gasteiger partial charge in [-0.2, -0.15) is 0 Å². The predicted molar refractivity (Wildman–Crippen MR) is 59.7 cm³/mol. The van der Waals surface area contributed by atoms with Gasteiger partial charge in [0.25, 0.3) is 0 Å². The molecule has 0 N–H and O–H groups in total. The first-order valence-corrected chi connectivity index (χ1v) is 5.58. The van der Waals surface area contributed by atoms with E-state index in [2.05, 4.69) is 22.9 Å². The molecular formula is C10H12BrClO. The molecule has 0 fully saturated rings. The van der Waals surface area contributed by atoms with Crippen LogP contribution in [0.2, 0.25) is 5.02 Å². The van der Waals surface area contributed by atoms with E-state index < -0.39 is 0 Å². The molecule has 0 aliphatic carbocycles. The maximum absolute atomic E-state index is 5.74. The van der Waals surface area contributed by atoms with Gasteiger partial charge in [0.2, 0.25) is 0 Å². The lowest BCUT2D eigenvalue weighted by atomic mass is 10.3. The minimum absolute atomic E-state index is 0.0960. The molecule has 1 nitrogen and oxygen atoms in total. The van der Waals surface area contributed by atoms with E-state index in [-0.39, 0.29) is 5.01 Å². The van der Waals surface area contributed by atoms with E-state index in [0.717, 1.165) is 23.6 Å². The van der Waals surface area contributed by atoms with Gasteiger partial charge in [0.15, 0.2) is 5.01 Å². The monoisotopic (exact) mass is 262 g/mol. The molecule has 0 spiro atoms. The van der Waals surface area contributed by atoms with Gasteiger partial charge in [-0.15, -0.1) is 0 Å². The van der Waals surface area contributed by atoms with Crippen molar-refractivity contribution in [1.82, 2.24) is 0 Å². The highest BCUT2D eigenvalue weighted by molar-refractivity contribution is 9.09. The molecule has 0 radical (unpaired) electrons. The second-order valence-electron chi connectivity index (χ2n) is 2.77. The molecule has 1 aromatic carbocycles. The molecule has 72 valence electrons. The summed E-state index contributed by atoms with van der Waals surface area (Å²) in [6.07, 6.45) is 2.10. The van der Waals surface area contributed by atoms with Crippen molar-refractivity contribution in [2.75, 3.05) is 0 Å². The van der Waals surface area contributed by atoms with Gasteiger partial charge in [-0.05, 0) is 46.6 Å². The molecule has 1 rings (SSSR count). The topological polar surface area (TPSA) is 9.23 Å². The molecule has 1 aromatic rings. The maximum atomic E-state index is 5.74. The van der Waals surface area contributed by atoms with Crippen molar-refractivity contribution >= 4 is 27.5 Å². The van der Waals surface area contributed by atoms with Crippen molar-refractivity contribution in [2.45, 2.75) is 24.8 Å². The van der Waals surface area contributed by atoms with E-state index >= 15 is 0 Å².